The van der Waals surface area contributed by atoms with Gasteiger partial charge in [0, 0.05) is 31.8 Å². The first-order valence-corrected chi connectivity index (χ1v) is 6.94. The van der Waals surface area contributed by atoms with Crippen molar-refractivity contribution in [1.29, 1.82) is 0 Å². The van der Waals surface area contributed by atoms with Crippen LogP contribution in [0.3, 0.4) is 0 Å². The van der Waals surface area contributed by atoms with Crippen LogP contribution in [0.2, 0.25) is 0 Å². The average molecular weight is 226 g/mol. The average Bonchev–Trinajstić information content (AvgIpc) is 2.69. The molecule has 1 saturated carbocycles. The molecule has 94 valence electrons. The lowest BCUT2D eigenvalue weighted by Crippen LogP contribution is -2.50. The highest BCUT2D eigenvalue weighted by Gasteiger charge is 2.36. The summed E-state index contributed by atoms with van der Waals surface area (Å²) in [5.74, 6) is 0.819. The highest BCUT2D eigenvalue weighted by molar-refractivity contribution is 4.93. The van der Waals surface area contributed by atoms with Gasteiger partial charge in [0.25, 0.3) is 0 Å². The van der Waals surface area contributed by atoms with E-state index in [-0.39, 0.29) is 0 Å². The fourth-order valence-corrected chi connectivity index (χ4v) is 3.11. The van der Waals surface area contributed by atoms with E-state index in [4.69, 9.17) is 5.11 Å². The Kier molecular flexibility index (Phi) is 4.62. The summed E-state index contributed by atoms with van der Waals surface area (Å²) in [5.41, 5.74) is 0. The topological polar surface area (TPSA) is 35.5 Å². The van der Waals surface area contributed by atoms with Gasteiger partial charge in [-0.2, -0.15) is 0 Å². The predicted octanol–water partition coefficient (Wildman–Crippen LogP) is 1.22. The first-order chi connectivity index (χ1) is 7.86. The Bertz CT molecular complexity index is 206. The monoisotopic (exact) mass is 226 g/mol. The Balaban J connectivity index is 1.93. The van der Waals surface area contributed by atoms with E-state index in [1.807, 2.05) is 0 Å². The molecule has 0 spiro atoms. The number of hydrogen-bond donors (Lipinski definition) is 2. The van der Waals surface area contributed by atoms with Crippen LogP contribution in [0.15, 0.2) is 0 Å². The van der Waals surface area contributed by atoms with Crippen LogP contribution in [0, 0.1) is 5.92 Å². The molecular formula is C13H26N2O. The van der Waals surface area contributed by atoms with E-state index < -0.39 is 0 Å². The second kappa shape index (κ2) is 5.99. The molecule has 1 aliphatic carbocycles. The van der Waals surface area contributed by atoms with Gasteiger partial charge in [-0.05, 0) is 31.7 Å². The van der Waals surface area contributed by atoms with Gasteiger partial charge in [0.1, 0.15) is 0 Å². The summed E-state index contributed by atoms with van der Waals surface area (Å²) in [5, 5.41) is 12.5. The molecule has 2 N–H and O–H groups in total. The Morgan fingerprint density at radius 2 is 2.12 bits per heavy atom. The number of aliphatic hydroxyl groups is 1. The Morgan fingerprint density at radius 1 is 1.31 bits per heavy atom. The van der Waals surface area contributed by atoms with E-state index in [1.165, 1.54) is 32.2 Å². The summed E-state index contributed by atoms with van der Waals surface area (Å²) >= 11 is 0. The molecule has 1 heterocycles. The number of nitrogens with one attached hydrogen (secondary N) is 1. The van der Waals surface area contributed by atoms with E-state index in [0.29, 0.717) is 6.61 Å². The van der Waals surface area contributed by atoms with Gasteiger partial charge in [-0.25, -0.2) is 0 Å². The fourth-order valence-electron chi connectivity index (χ4n) is 3.11. The van der Waals surface area contributed by atoms with E-state index in [0.717, 1.165) is 37.5 Å². The Hall–Kier alpha value is -0.120. The zero-order valence-corrected chi connectivity index (χ0v) is 10.5. The first-order valence-electron chi connectivity index (χ1n) is 6.94. The normalized spacial score (nSPS) is 30.9. The summed E-state index contributed by atoms with van der Waals surface area (Å²) < 4.78 is 0. The van der Waals surface area contributed by atoms with Gasteiger partial charge >= 0.3 is 0 Å². The van der Waals surface area contributed by atoms with Gasteiger partial charge in [0.15, 0.2) is 0 Å². The lowest BCUT2D eigenvalue weighted by atomic mass is 9.87. The number of rotatable bonds is 6. The molecule has 0 radical (unpaired) electrons. The minimum absolute atomic E-state index is 0.333. The molecule has 16 heavy (non-hydrogen) atoms. The van der Waals surface area contributed by atoms with Crippen LogP contribution in [0.5, 0.6) is 0 Å². The fraction of sp³-hybridized carbons (Fsp3) is 1.00. The summed E-state index contributed by atoms with van der Waals surface area (Å²) in [4.78, 5) is 2.69. The van der Waals surface area contributed by atoms with E-state index in [1.54, 1.807) is 0 Å². The lowest BCUT2D eigenvalue weighted by molar-refractivity contribution is 0.0599. The highest BCUT2D eigenvalue weighted by Crippen LogP contribution is 2.30. The molecule has 2 atom stereocenters. The maximum Gasteiger partial charge on any atom is 0.0443 e. The third-order valence-electron chi connectivity index (χ3n) is 4.37. The maximum absolute atomic E-state index is 9.01. The quantitative estimate of drug-likeness (QED) is 0.715. The largest absolute Gasteiger partial charge is 0.396 e. The van der Waals surface area contributed by atoms with E-state index >= 15 is 0 Å². The van der Waals surface area contributed by atoms with E-state index in [2.05, 4.69) is 17.1 Å². The van der Waals surface area contributed by atoms with Crippen molar-refractivity contribution in [2.75, 3.05) is 26.2 Å². The third kappa shape index (κ3) is 2.58. The molecule has 1 aliphatic heterocycles. The van der Waals surface area contributed by atoms with Crippen LogP contribution in [-0.4, -0.2) is 48.3 Å². The summed E-state index contributed by atoms with van der Waals surface area (Å²) in [6.07, 6.45) is 6.36. The highest BCUT2D eigenvalue weighted by atomic mass is 16.3. The van der Waals surface area contributed by atoms with Crippen LogP contribution in [0.4, 0.5) is 0 Å². The van der Waals surface area contributed by atoms with Gasteiger partial charge in [-0.1, -0.05) is 19.8 Å². The van der Waals surface area contributed by atoms with Crippen molar-refractivity contribution >= 4 is 0 Å². The zero-order valence-electron chi connectivity index (χ0n) is 10.5. The summed E-state index contributed by atoms with van der Waals surface area (Å²) in [7, 11) is 0. The van der Waals surface area contributed by atoms with Crippen LogP contribution >= 0.6 is 0 Å². The standard InChI is InChI=1S/C13H26N2O/c1-2-11-9-14-10-13(11)15(7-4-8-16)12-5-3-6-12/h11-14,16H,2-10H2,1H3. The number of aliphatic hydroxyl groups excluding tert-OH is 1. The van der Waals surface area contributed by atoms with Crippen molar-refractivity contribution in [2.45, 2.75) is 51.1 Å². The van der Waals surface area contributed by atoms with E-state index in [9.17, 15) is 0 Å². The molecule has 2 rings (SSSR count). The van der Waals surface area contributed by atoms with Crippen molar-refractivity contribution in [1.82, 2.24) is 10.2 Å². The van der Waals surface area contributed by atoms with Crippen LogP contribution < -0.4 is 5.32 Å². The number of hydrogen-bond acceptors (Lipinski definition) is 3. The van der Waals surface area contributed by atoms with Crippen molar-refractivity contribution in [2.24, 2.45) is 5.92 Å². The SMILES string of the molecule is CCC1CNCC1N(CCCO)C1CCC1. The summed E-state index contributed by atoms with van der Waals surface area (Å²) in [6.45, 7) is 6.06. The first kappa shape index (κ1) is 12.3. The van der Waals surface area contributed by atoms with Crippen molar-refractivity contribution in [3.8, 4) is 0 Å². The Labute approximate surface area is 99.2 Å². The van der Waals surface area contributed by atoms with Gasteiger partial charge in [-0.3, -0.25) is 4.90 Å². The molecule has 2 unspecified atom stereocenters. The Morgan fingerprint density at radius 3 is 2.69 bits per heavy atom. The van der Waals surface area contributed by atoms with Crippen molar-refractivity contribution in [3.05, 3.63) is 0 Å². The third-order valence-corrected chi connectivity index (χ3v) is 4.37. The van der Waals surface area contributed by atoms with Gasteiger partial charge in [0.2, 0.25) is 0 Å². The molecule has 2 fully saturated rings. The molecule has 3 heteroatoms. The molecule has 0 aromatic carbocycles. The van der Waals surface area contributed by atoms with Crippen LogP contribution in [-0.2, 0) is 0 Å². The lowest BCUT2D eigenvalue weighted by Gasteiger charge is -2.43. The van der Waals surface area contributed by atoms with Gasteiger partial charge < -0.3 is 10.4 Å². The molecule has 0 aromatic rings. The second-order valence-corrected chi connectivity index (χ2v) is 5.29. The smallest absolute Gasteiger partial charge is 0.0443 e. The molecule has 0 amide bonds. The van der Waals surface area contributed by atoms with Crippen molar-refractivity contribution < 1.29 is 5.11 Å². The van der Waals surface area contributed by atoms with Crippen LogP contribution in [0.25, 0.3) is 0 Å². The minimum Gasteiger partial charge on any atom is -0.396 e. The maximum atomic E-state index is 9.01. The molecule has 3 nitrogen and oxygen atoms in total. The van der Waals surface area contributed by atoms with Gasteiger partial charge in [0.05, 0.1) is 0 Å². The molecule has 0 bridgehead atoms. The molecule has 0 aromatic heterocycles. The number of nitrogens with zero attached hydrogens (tertiary/aromatic N) is 1. The van der Waals surface area contributed by atoms with Gasteiger partial charge in [-0.15, -0.1) is 0 Å². The molecule has 2 aliphatic rings. The minimum atomic E-state index is 0.333. The molecular weight excluding hydrogens is 200 g/mol. The zero-order chi connectivity index (χ0) is 11.4. The summed E-state index contributed by atoms with van der Waals surface area (Å²) in [6, 6.07) is 1.53. The van der Waals surface area contributed by atoms with Crippen LogP contribution in [0.1, 0.15) is 39.0 Å². The predicted molar refractivity (Wildman–Crippen MR) is 66.5 cm³/mol. The van der Waals surface area contributed by atoms with Crippen molar-refractivity contribution in [3.63, 3.8) is 0 Å². The second-order valence-electron chi connectivity index (χ2n) is 5.29. The molecule has 1 saturated heterocycles.